The minimum atomic E-state index is 0.891. The van der Waals surface area contributed by atoms with E-state index >= 15 is 0 Å². The first-order chi connectivity index (χ1) is 10.1. The van der Waals surface area contributed by atoms with Crippen LogP contribution < -0.4 is 0 Å². The summed E-state index contributed by atoms with van der Waals surface area (Å²) >= 11 is 3.36. The van der Waals surface area contributed by atoms with Crippen molar-refractivity contribution in [2.45, 2.75) is 13.8 Å². The molecule has 6 nitrogen and oxygen atoms in total. The smallest absolute Gasteiger partial charge is 0.112 e. The molecule has 0 saturated carbocycles. The van der Waals surface area contributed by atoms with Crippen LogP contribution in [0.2, 0.25) is 0 Å². The summed E-state index contributed by atoms with van der Waals surface area (Å²) < 4.78 is 0.915. The first kappa shape index (κ1) is 13.7. The van der Waals surface area contributed by atoms with Gasteiger partial charge in [0.15, 0.2) is 0 Å². The predicted octanol–water partition coefficient (Wildman–Crippen LogP) is 3.30. The monoisotopic (exact) mass is 344 g/mol. The van der Waals surface area contributed by atoms with Crippen molar-refractivity contribution in [2.24, 2.45) is 0 Å². The topological polar surface area (TPSA) is 83.1 Å². The highest BCUT2D eigenvalue weighted by molar-refractivity contribution is 9.10. The van der Waals surface area contributed by atoms with Gasteiger partial charge < -0.3 is 0 Å². The van der Waals surface area contributed by atoms with Gasteiger partial charge in [-0.25, -0.2) is 0 Å². The minimum Gasteiger partial charge on any atom is -0.276 e. The molecule has 0 radical (unpaired) electrons. The lowest BCUT2D eigenvalue weighted by Gasteiger charge is -1.89. The fourth-order valence-electron chi connectivity index (χ4n) is 1.94. The molecule has 4 aromatic rings. The molecule has 0 fully saturated rings. The van der Waals surface area contributed by atoms with Crippen molar-refractivity contribution in [3.05, 3.63) is 46.7 Å². The van der Waals surface area contributed by atoms with Crippen LogP contribution in [0, 0.1) is 13.8 Å². The highest BCUT2D eigenvalue weighted by Crippen LogP contribution is 2.19. The van der Waals surface area contributed by atoms with Crippen LogP contribution in [0.4, 0.5) is 0 Å². The number of halogens is 1. The third-order valence-corrected chi connectivity index (χ3v) is 3.60. The van der Waals surface area contributed by atoms with E-state index in [-0.39, 0.29) is 0 Å². The number of nitrogens with one attached hydrogen (secondary N) is 2. The molecule has 0 bridgehead atoms. The number of hydrogen-bond acceptors (Lipinski definition) is 4. The maximum Gasteiger partial charge on any atom is 0.112 e. The number of hydrogen-bond donors (Lipinski definition) is 2. The van der Waals surface area contributed by atoms with Gasteiger partial charge in [0.2, 0.25) is 0 Å². The zero-order valence-electron chi connectivity index (χ0n) is 11.6. The lowest BCUT2D eigenvalue weighted by molar-refractivity contribution is 1.09. The third-order valence-electron chi connectivity index (χ3n) is 2.99. The summed E-state index contributed by atoms with van der Waals surface area (Å²) in [7, 11) is 0. The molecule has 21 heavy (non-hydrogen) atoms. The van der Waals surface area contributed by atoms with Gasteiger partial charge in [0.25, 0.3) is 0 Å². The number of nitrogens with zero attached hydrogens (tertiary/aromatic N) is 4. The number of aryl methyl sites for hydroxylation is 2. The second-order valence-corrected chi connectivity index (χ2v) is 5.46. The van der Waals surface area contributed by atoms with Gasteiger partial charge in [0.05, 0.1) is 24.1 Å². The van der Waals surface area contributed by atoms with Crippen LogP contribution in [-0.4, -0.2) is 30.4 Å². The Morgan fingerprint density at radius 3 is 2.57 bits per heavy atom. The molecule has 0 saturated heterocycles. The summed E-state index contributed by atoms with van der Waals surface area (Å²) in [5.74, 6) is 0. The van der Waals surface area contributed by atoms with E-state index in [9.17, 15) is 0 Å². The Bertz CT molecular complexity index is 895. The fraction of sp³-hybridized carbons (Fsp3) is 0.143. The molecule has 4 aromatic heterocycles. The number of aromatic amines is 2. The standard InChI is InChI=1S/C7H6BrN3.C7H7N3/c1-4-2-5-6(3-9-4)10-11-7(5)8;1-5-2-6-3-9-10-7(6)4-8-5/h2-3H,1H3,(H,10,11);2-4H,1H3,(H,9,10). The third kappa shape index (κ3) is 2.92. The number of H-pyrrole nitrogens is 2. The van der Waals surface area contributed by atoms with Crippen molar-refractivity contribution in [2.75, 3.05) is 0 Å². The van der Waals surface area contributed by atoms with Crippen molar-refractivity contribution in [1.29, 1.82) is 0 Å². The normalized spacial score (nSPS) is 10.6. The first-order valence-electron chi connectivity index (χ1n) is 6.35. The molecular weight excluding hydrogens is 332 g/mol. The minimum absolute atomic E-state index is 0.891. The lowest BCUT2D eigenvalue weighted by Crippen LogP contribution is -1.78. The first-order valence-corrected chi connectivity index (χ1v) is 7.15. The number of rotatable bonds is 0. The van der Waals surface area contributed by atoms with Gasteiger partial charge in [-0.05, 0) is 41.9 Å². The van der Waals surface area contributed by atoms with E-state index in [4.69, 9.17) is 0 Å². The Labute approximate surface area is 129 Å². The van der Waals surface area contributed by atoms with Crippen LogP contribution in [0.25, 0.3) is 21.8 Å². The van der Waals surface area contributed by atoms with E-state index in [1.165, 1.54) is 0 Å². The summed E-state index contributed by atoms with van der Waals surface area (Å²) in [5.41, 5.74) is 3.90. The van der Waals surface area contributed by atoms with E-state index in [1.807, 2.05) is 26.0 Å². The molecule has 0 aliphatic heterocycles. The number of aromatic nitrogens is 6. The van der Waals surface area contributed by atoms with Crippen molar-refractivity contribution >= 4 is 37.7 Å². The second-order valence-electron chi connectivity index (χ2n) is 4.66. The molecule has 0 aliphatic rings. The van der Waals surface area contributed by atoms with E-state index in [0.717, 1.165) is 37.8 Å². The zero-order chi connectivity index (χ0) is 14.8. The van der Waals surface area contributed by atoms with Gasteiger partial charge in [-0.2, -0.15) is 10.2 Å². The summed E-state index contributed by atoms with van der Waals surface area (Å²) in [4.78, 5) is 8.23. The Balaban J connectivity index is 0.000000126. The quantitative estimate of drug-likeness (QED) is 0.512. The summed E-state index contributed by atoms with van der Waals surface area (Å²) in [5, 5.41) is 15.8. The molecule has 2 N–H and O–H groups in total. The van der Waals surface area contributed by atoms with Gasteiger partial charge in [0, 0.05) is 22.2 Å². The summed E-state index contributed by atoms with van der Waals surface area (Å²) in [6.07, 6.45) is 5.34. The van der Waals surface area contributed by atoms with Gasteiger partial charge in [-0.15, -0.1) is 0 Å². The molecule has 0 aliphatic carbocycles. The van der Waals surface area contributed by atoms with Gasteiger partial charge in [-0.1, -0.05) is 0 Å². The van der Waals surface area contributed by atoms with E-state index < -0.39 is 0 Å². The summed E-state index contributed by atoms with van der Waals surface area (Å²) in [6.45, 7) is 3.92. The number of pyridine rings is 2. The maximum atomic E-state index is 4.12. The Morgan fingerprint density at radius 2 is 1.71 bits per heavy atom. The van der Waals surface area contributed by atoms with Crippen molar-refractivity contribution < 1.29 is 0 Å². The second kappa shape index (κ2) is 5.61. The number of fused-ring (bicyclic) bond motifs is 2. The van der Waals surface area contributed by atoms with Gasteiger partial charge >= 0.3 is 0 Å². The maximum absolute atomic E-state index is 4.12. The van der Waals surface area contributed by atoms with E-state index in [1.54, 1.807) is 18.6 Å². The average molecular weight is 345 g/mol. The van der Waals surface area contributed by atoms with Crippen molar-refractivity contribution in [1.82, 2.24) is 30.4 Å². The molecule has 106 valence electrons. The van der Waals surface area contributed by atoms with Crippen LogP contribution in [0.5, 0.6) is 0 Å². The fourth-order valence-corrected chi connectivity index (χ4v) is 2.35. The highest BCUT2D eigenvalue weighted by atomic mass is 79.9. The molecular formula is C14H13BrN6. The van der Waals surface area contributed by atoms with Crippen LogP contribution >= 0.6 is 15.9 Å². The molecule has 0 atom stereocenters. The molecule has 4 heterocycles. The zero-order valence-corrected chi connectivity index (χ0v) is 13.1. The highest BCUT2D eigenvalue weighted by Gasteiger charge is 2.01. The van der Waals surface area contributed by atoms with Gasteiger partial charge in [0.1, 0.15) is 10.1 Å². The average Bonchev–Trinajstić information content (AvgIpc) is 3.06. The molecule has 0 spiro atoms. The van der Waals surface area contributed by atoms with Crippen LogP contribution in [-0.2, 0) is 0 Å². The lowest BCUT2D eigenvalue weighted by atomic mass is 10.3. The van der Waals surface area contributed by atoms with Crippen LogP contribution in [0.1, 0.15) is 11.4 Å². The SMILES string of the molecule is Cc1cc2c(Br)[nH]nc2cn1.Cc1cc2cn[nH]c2cn1. The van der Waals surface area contributed by atoms with Crippen LogP contribution in [0.3, 0.4) is 0 Å². The van der Waals surface area contributed by atoms with Crippen molar-refractivity contribution in [3.63, 3.8) is 0 Å². The Morgan fingerprint density at radius 1 is 0.952 bits per heavy atom. The van der Waals surface area contributed by atoms with Crippen LogP contribution in [0.15, 0.2) is 35.3 Å². The van der Waals surface area contributed by atoms with E-state index in [2.05, 4.69) is 46.3 Å². The molecule has 0 aromatic carbocycles. The summed E-state index contributed by atoms with van der Waals surface area (Å²) in [6, 6.07) is 3.99. The van der Waals surface area contributed by atoms with Gasteiger partial charge in [-0.3, -0.25) is 20.2 Å². The Hall–Kier alpha value is -2.28. The largest absolute Gasteiger partial charge is 0.276 e. The molecule has 0 amide bonds. The molecule has 4 rings (SSSR count). The predicted molar refractivity (Wildman–Crippen MR) is 85.0 cm³/mol. The molecule has 0 unspecified atom stereocenters. The van der Waals surface area contributed by atoms with Crippen molar-refractivity contribution in [3.8, 4) is 0 Å². The molecule has 7 heteroatoms. The Kier molecular flexibility index (Phi) is 3.66. The van der Waals surface area contributed by atoms with E-state index in [0.29, 0.717) is 0 Å².